The molecule has 1 aliphatic rings. The van der Waals surface area contributed by atoms with Crippen molar-refractivity contribution in [1.82, 2.24) is 14.7 Å². The van der Waals surface area contributed by atoms with Gasteiger partial charge in [0.2, 0.25) is 5.91 Å². The van der Waals surface area contributed by atoms with E-state index in [2.05, 4.69) is 5.10 Å². The largest absolute Gasteiger partial charge is 0.394 e. The molecule has 106 valence electrons. The lowest BCUT2D eigenvalue weighted by Crippen LogP contribution is -2.37. The van der Waals surface area contributed by atoms with E-state index in [0.717, 1.165) is 37.2 Å². The fourth-order valence-electron chi connectivity index (χ4n) is 2.91. The third kappa shape index (κ3) is 2.81. The third-order valence-corrected chi connectivity index (χ3v) is 4.16. The maximum absolute atomic E-state index is 12.2. The van der Waals surface area contributed by atoms with Gasteiger partial charge >= 0.3 is 0 Å². The topological polar surface area (TPSA) is 58.4 Å². The van der Waals surface area contributed by atoms with Gasteiger partial charge in [-0.15, -0.1) is 0 Å². The van der Waals surface area contributed by atoms with E-state index in [-0.39, 0.29) is 18.6 Å². The Labute approximate surface area is 114 Å². The first-order valence-electron chi connectivity index (χ1n) is 6.94. The highest BCUT2D eigenvalue weighted by atomic mass is 16.3. The Bertz CT molecular complexity index is 468. The van der Waals surface area contributed by atoms with Crippen molar-refractivity contribution < 1.29 is 9.90 Å². The smallest absolute Gasteiger partial charge is 0.223 e. The Morgan fingerprint density at radius 3 is 2.79 bits per heavy atom. The number of hydrogen-bond acceptors (Lipinski definition) is 3. The van der Waals surface area contributed by atoms with Crippen molar-refractivity contribution in [3.63, 3.8) is 0 Å². The van der Waals surface area contributed by atoms with Crippen LogP contribution in [0.4, 0.5) is 0 Å². The molecular formula is C14H23N3O2. The first-order valence-corrected chi connectivity index (χ1v) is 6.94. The molecule has 2 rings (SSSR count). The van der Waals surface area contributed by atoms with Crippen molar-refractivity contribution in [3.8, 4) is 0 Å². The number of hydrogen-bond donors (Lipinski definition) is 1. The van der Waals surface area contributed by atoms with E-state index in [4.69, 9.17) is 0 Å². The molecule has 5 heteroatoms. The predicted octanol–water partition coefficient (Wildman–Crippen LogP) is 0.953. The monoisotopic (exact) mass is 265 g/mol. The van der Waals surface area contributed by atoms with Crippen LogP contribution in [0.1, 0.15) is 36.2 Å². The van der Waals surface area contributed by atoms with Crippen LogP contribution in [-0.4, -0.2) is 44.9 Å². The maximum atomic E-state index is 12.2. The van der Waals surface area contributed by atoms with Gasteiger partial charge in [0.1, 0.15) is 0 Å². The quantitative estimate of drug-likeness (QED) is 0.882. The highest BCUT2D eigenvalue weighted by Gasteiger charge is 2.27. The lowest BCUT2D eigenvalue weighted by molar-refractivity contribution is -0.132. The zero-order valence-electron chi connectivity index (χ0n) is 12.0. The Kier molecular flexibility index (Phi) is 4.24. The van der Waals surface area contributed by atoms with Gasteiger partial charge in [0, 0.05) is 25.7 Å². The molecule has 1 atom stereocenters. The third-order valence-electron chi connectivity index (χ3n) is 4.16. The van der Waals surface area contributed by atoms with Gasteiger partial charge in [-0.05, 0) is 38.7 Å². The van der Waals surface area contributed by atoms with Crippen LogP contribution in [-0.2, 0) is 18.3 Å². The van der Waals surface area contributed by atoms with Gasteiger partial charge in [0.15, 0.2) is 0 Å². The number of amides is 1. The highest BCUT2D eigenvalue weighted by molar-refractivity contribution is 5.77. The Morgan fingerprint density at radius 1 is 1.47 bits per heavy atom. The average Bonchev–Trinajstić information content (AvgIpc) is 2.94. The van der Waals surface area contributed by atoms with Gasteiger partial charge in [-0.2, -0.15) is 5.10 Å². The van der Waals surface area contributed by atoms with E-state index >= 15 is 0 Å². The molecule has 1 aromatic heterocycles. The zero-order valence-corrected chi connectivity index (χ0v) is 12.0. The second-order valence-corrected chi connectivity index (χ2v) is 5.34. The lowest BCUT2D eigenvalue weighted by atomic mass is 10.1. The standard InChI is InChI=1S/C14H23N3O2/c1-10-13(11(2)16(3)15-10)6-7-14(19)17-8-4-5-12(17)9-18/h12,18H,4-9H2,1-3H3/t12-/m0/s1. The van der Waals surface area contributed by atoms with Crippen molar-refractivity contribution in [2.75, 3.05) is 13.2 Å². The average molecular weight is 265 g/mol. The molecule has 19 heavy (non-hydrogen) atoms. The number of rotatable bonds is 4. The molecule has 0 radical (unpaired) electrons. The highest BCUT2D eigenvalue weighted by Crippen LogP contribution is 2.20. The number of likely N-dealkylation sites (tertiary alicyclic amines) is 1. The summed E-state index contributed by atoms with van der Waals surface area (Å²) in [5.74, 6) is 0.152. The minimum absolute atomic E-state index is 0.0311. The number of nitrogens with zero attached hydrogens (tertiary/aromatic N) is 3. The van der Waals surface area contributed by atoms with Crippen LogP contribution < -0.4 is 0 Å². The summed E-state index contributed by atoms with van der Waals surface area (Å²) in [7, 11) is 1.93. The molecule has 0 aromatic carbocycles. The van der Waals surface area contributed by atoms with E-state index in [9.17, 15) is 9.90 Å². The minimum Gasteiger partial charge on any atom is -0.394 e. The van der Waals surface area contributed by atoms with Crippen LogP contribution in [0.15, 0.2) is 0 Å². The van der Waals surface area contributed by atoms with Crippen molar-refractivity contribution >= 4 is 5.91 Å². The number of aryl methyl sites for hydroxylation is 2. The molecule has 1 aromatic rings. The number of aliphatic hydroxyl groups excluding tert-OH is 1. The predicted molar refractivity (Wildman–Crippen MR) is 72.8 cm³/mol. The van der Waals surface area contributed by atoms with Gasteiger partial charge in [-0.3, -0.25) is 9.48 Å². The Balaban J connectivity index is 1.97. The van der Waals surface area contributed by atoms with Crippen LogP contribution in [0.3, 0.4) is 0 Å². The molecule has 5 nitrogen and oxygen atoms in total. The summed E-state index contributed by atoms with van der Waals surface area (Å²) in [6.07, 6.45) is 3.16. The zero-order chi connectivity index (χ0) is 14.0. The van der Waals surface area contributed by atoms with Crippen LogP contribution >= 0.6 is 0 Å². The van der Waals surface area contributed by atoms with Crippen LogP contribution in [0, 0.1) is 13.8 Å². The van der Waals surface area contributed by atoms with E-state index in [0.29, 0.717) is 6.42 Å². The molecule has 1 aliphatic heterocycles. The van der Waals surface area contributed by atoms with Crippen molar-refractivity contribution in [3.05, 3.63) is 17.0 Å². The SMILES string of the molecule is Cc1nn(C)c(C)c1CCC(=O)N1CCC[C@H]1CO. The van der Waals surface area contributed by atoms with Crippen LogP contribution in [0.5, 0.6) is 0 Å². The number of carbonyl (C=O) groups is 1. The molecule has 0 aliphatic carbocycles. The molecule has 2 heterocycles. The van der Waals surface area contributed by atoms with Crippen molar-refractivity contribution in [1.29, 1.82) is 0 Å². The van der Waals surface area contributed by atoms with Gasteiger partial charge < -0.3 is 10.0 Å². The normalized spacial score (nSPS) is 19.2. The minimum atomic E-state index is 0.0311. The van der Waals surface area contributed by atoms with Gasteiger partial charge in [0.25, 0.3) is 0 Å². The summed E-state index contributed by atoms with van der Waals surface area (Å²) in [4.78, 5) is 14.0. The van der Waals surface area contributed by atoms with Crippen molar-refractivity contribution in [2.24, 2.45) is 7.05 Å². The summed E-state index contributed by atoms with van der Waals surface area (Å²) in [6, 6.07) is 0.0311. The molecule has 1 saturated heterocycles. The molecular weight excluding hydrogens is 242 g/mol. The second kappa shape index (κ2) is 5.74. The van der Waals surface area contributed by atoms with Gasteiger partial charge in [-0.1, -0.05) is 0 Å². The van der Waals surface area contributed by atoms with Gasteiger partial charge in [0.05, 0.1) is 18.3 Å². The Hall–Kier alpha value is -1.36. The molecule has 1 N–H and O–H groups in total. The van der Waals surface area contributed by atoms with E-state index in [1.54, 1.807) is 0 Å². The summed E-state index contributed by atoms with van der Waals surface area (Å²) in [6.45, 7) is 4.89. The molecule has 0 unspecified atom stereocenters. The molecule has 0 spiro atoms. The maximum Gasteiger partial charge on any atom is 0.223 e. The van der Waals surface area contributed by atoms with E-state index in [1.165, 1.54) is 5.56 Å². The van der Waals surface area contributed by atoms with Crippen LogP contribution in [0.25, 0.3) is 0 Å². The fraction of sp³-hybridized carbons (Fsp3) is 0.714. The summed E-state index contributed by atoms with van der Waals surface area (Å²) in [5.41, 5.74) is 3.31. The number of carbonyl (C=O) groups excluding carboxylic acids is 1. The second-order valence-electron chi connectivity index (χ2n) is 5.34. The summed E-state index contributed by atoms with van der Waals surface area (Å²) < 4.78 is 1.86. The first kappa shape index (κ1) is 14.1. The molecule has 0 bridgehead atoms. The lowest BCUT2D eigenvalue weighted by Gasteiger charge is -2.23. The Morgan fingerprint density at radius 2 is 2.21 bits per heavy atom. The molecule has 1 amide bonds. The van der Waals surface area contributed by atoms with Gasteiger partial charge in [-0.25, -0.2) is 0 Å². The number of aromatic nitrogens is 2. The summed E-state index contributed by atoms with van der Waals surface area (Å²) >= 11 is 0. The molecule has 0 saturated carbocycles. The molecule has 1 fully saturated rings. The van der Waals surface area contributed by atoms with E-state index in [1.807, 2.05) is 30.5 Å². The summed E-state index contributed by atoms with van der Waals surface area (Å²) in [5, 5.41) is 13.6. The van der Waals surface area contributed by atoms with E-state index < -0.39 is 0 Å². The van der Waals surface area contributed by atoms with Crippen molar-refractivity contribution in [2.45, 2.75) is 45.6 Å². The number of aliphatic hydroxyl groups is 1. The fourth-order valence-corrected chi connectivity index (χ4v) is 2.91. The van der Waals surface area contributed by atoms with Crippen LogP contribution in [0.2, 0.25) is 0 Å². The first-order chi connectivity index (χ1) is 9.04.